The maximum absolute atomic E-state index is 6.80. The van der Waals surface area contributed by atoms with Crippen molar-refractivity contribution >= 4 is 17.1 Å². The maximum atomic E-state index is 6.80. The molecule has 0 saturated heterocycles. The van der Waals surface area contributed by atoms with E-state index in [1.807, 2.05) is 0 Å². The minimum Gasteiger partial charge on any atom is -0.461 e. The molecule has 5 aliphatic rings. The van der Waals surface area contributed by atoms with Gasteiger partial charge in [0.15, 0.2) is 0 Å². The molecule has 0 amide bonds. The Hall–Kier alpha value is -8.14. The minimum absolute atomic E-state index is 0.551. The molecule has 2 heterocycles. The molecule has 306 valence electrons. The molecule has 3 aliphatic carbocycles. The largest absolute Gasteiger partial charge is 0.461 e. The van der Waals surface area contributed by atoms with Crippen molar-refractivity contribution < 1.29 is 9.47 Å². The second-order valence-electron chi connectivity index (χ2n) is 17.7. The van der Waals surface area contributed by atoms with E-state index in [1.165, 1.54) is 66.8 Å². The van der Waals surface area contributed by atoms with Crippen LogP contribution in [0.15, 0.2) is 236 Å². The van der Waals surface area contributed by atoms with E-state index >= 15 is 0 Å². The molecular weight excluding hydrogens is 791 g/mol. The standard InChI is InChI=1S/C62H41NO2/c1-2-17-40(18-3-1)41-33-35-42(36-34-41)63(43-37-38-45-44-19-4-6-21-47(44)62(54(45)39-43)51-25-10-14-31-58(51)65-59-32-15-11-26-52(59)62)55-28-16-27-53-60(55)46-20-5-7-22-48(46)61(53)49-23-8-12-29-56(49)64-57-30-13-9-24-50(57)61/h1-12,14-29,31-39H,13,30H2. The molecule has 65 heavy (non-hydrogen) atoms. The zero-order valence-corrected chi connectivity index (χ0v) is 35.5. The predicted molar refractivity (Wildman–Crippen MR) is 262 cm³/mol. The number of benzene rings is 9. The van der Waals surface area contributed by atoms with Crippen LogP contribution in [0.5, 0.6) is 17.2 Å². The van der Waals surface area contributed by atoms with Crippen molar-refractivity contribution in [2.45, 2.75) is 23.7 Å². The first-order valence-electron chi connectivity index (χ1n) is 22.7. The van der Waals surface area contributed by atoms with Crippen LogP contribution in [0.2, 0.25) is 0 Å². The first-order valence-corrected chi connectivity index (χ1v) is 22.7. The molecule has 1 unspecified atom stereocenters. The van der Waals surface area contributed by atoms with E-state index in [-0.39, 0.29) is 0 Å². The number of fused-ring (bicyclic) bond motifs is 17. The number of para-hydroxylation sites is 3. The van der Waals surface area contributed by atoms with Crippen LogP contribution in [0.25, 0.3) is 33.4 Å². The van der Waals surface area contributed by atoms with Crippen molar-refractivity contribution in [3.63, 3.8) is 0 Å². The van der Waals surface area contributed by atoms with Crippen LogP contribution in [0, 0.1) is 0 Å². The number of hydrogen-bond donors (Lipinski definition) is 0. The Labute approximate surface area is 378 Å². The quantitative estimate of drug-likeness (QED) is 0.176. The summed E-state index contributed by atoms with van der Waals surface area (Å²) in [6, 6.07) is 77.9. The van der Waals surface area contributed by atoms with Gasteiger partial charge in [0.2, 0.25) is 0 Å². The first-order chi connectivity index (χ1) is 32.2. The molecule has 0 bridgehead atoms. The molecule has 3 nitrogen and oxygen atoms in total. The second-order valence-corrected chi connectivity index (χ2v) is 17.7. The van der Waals surface area contributed by atoms with Gasteiger partial charge in [0.25, 0.3) is 0 Å². The molecule has 0 fully saturated rings. The lowest BCUT2D eigenvalue weighted by Crippen LogP contribution is -2.35. The Morgan fingerprint density at radius 2 is 0.923 bits per heavy atom. The Balaban J connectivity index is 1.06. The summed E-state index contributed by atoms with van der Waals surface area (Å²) in [6.45, 7) is 0. The van der Waals surface area contributed by atoms with Crippen molar-refractivity contribution in [1.82, 2.24) is 0 Å². The van der Waals surface area contributed by atoms with Gasteiger partial charge in [-0.1, -0.05) is 176 Å². The lowest BCUT2D eigenvalue weighted by atomic mass is 9.64. The predicted octanol–water partition coefficient (Wildman–Crippen LogP) is 15.6. The van der Waals surface area contributed by atoms with Gasteiger partial charge < -0.3 is 14.4 Å². The van der Waals surface area contributed by atoms with E-state index in [0.29, 0.717) is 0 Å². The third-order valence-electron chi connectivity index (χ3n) is 14.7. The van der Waals surface area contributed by atoms with Crippen molar-refractivity contribution in [2.24, 2.45) is 0 Å². The Morgan fingerprint density at radius 1 is 0.385 bits per heavy atom. The number of allylic oxidation sites excluding steroid dienone is 4. The van der Waals surface area contributed by atoms with Crippen LogP contribution in [0.1, 0.15) is 51.8 Å². The second kappa shape index (κ2) is 13.7. The Kier molecular flexibility index (Phi) is 7.65. The number of ether oxygens (including phenoxy) is 2. The van der Waals surface area contributed by atoms with Crippen LogP contribution in [0.3, 0.4) is 0 Å². The van der Waals surface area contributed by atoms with Crippen LogP contribution >= 0.6 is 0 Å². The molecule has 3 heteroatoms. The van der Waals surface area contributed by atoms with Gasteiger partial charge in [0.05, 0.1) is 16.5 Å². The highest BCUT2D eigenvalue weighted by molar-refractivity contribution is 5.99. The minimum atomic E-state index is -0.604. The first kappa shape index (κ1) is 36.4. The van der Waals surface area contributed by atoms with Crippen molar-refractivity contribution in [2.75, 3.05) is 4.90 Å². The summed E-state index contributed by atoms with van der Waals surface area (Å²) in [5.41, 5.74) is 19.3. The molecule has 2 aliphatic heterocycles. The van der Waals surface area contributed by atoms with E-state index in [4.69, 9.17) is 9.47 Å². The monoisotopic (exact) mass is 831 g/mol. The van der Waals surface area contributed by atoms with Gasteiger partial charge in [0.1, 0.15) is 23.0 Å². The summed E-state index contributed by atoms with van der Waals surface area (Å²) in [5.74, 6) is 3.77. The molecule has 0 aromatic heterocycles. The highest BCUT2D eigenvalue weighted by atomic mass is 16.5. The summed E-state index contributed by atoms with van der Waals surface area (Å²) in [7, 11) is 0. The van der Waals surface area contributed by atoms with Crippen molar-refractivity contribution in [3.05, 3.63) is 275 Å². The molecule has 0 radical (unpaired) electrons. The fourth-order valence-electron chi connectivity index (χ4n) is 12.1. The van der Waals surface area contributed by atoms with E-state index < -0.39 is 10.8 Å². The van der Waals surface area contributed by atoms with Gasteiger partial charge in [0, 0.05) is 45.6 Å². The molecule has 0 saturated carbocycles. The maximum Gasteiger partial charge on any atom is 0.132 e. The molecule has 14 rings (SSSR count). The third-order valence-corrected chi connectivity index (χ3v) is 14.7. The number of nitrogens with zero attached hydrogens (tertiary/aromatic N) is 1. The average molecular weight is 832 g/mol. The van der Waals surface area contributed by atoms with E-state index in [2.05, 4.69) is 229 Å². The highest BCUT2D eigenvalue weighted by Crippen LogP contribution is 2.65. The molecule has 9 aromatic rings. The van der Waals surface area contributed by atoms with Crippen molar-refractivity contribution in [3.8, 4) is 50.6 Å². The van der Waals surface area contributed by atoms with Crippen LogP contribution < -0.4 is 14.4 Å². The fraction of sp³-hybridized carbons (Fsp3) is 0.0645. The van der Waals surface area contributed by atoms with Crippen LogP contribution in [-0.2, 0) is 10.8 Å². The highest BCUT2D eigenvalue weighted by Gasteiger charge is 2.54. The topological polar surface area (TPSA) is 21.7 Å². The molecule has 0 N–H and O–H groups in total. The lowest BCUT2D eigenvalue weighted by molar-refractivity contribution is 0.364. The van der Waals surface area contributed by atoms with Gasteiger partial charge in [-0.15, -0.1) is 0 Å². The smallest absolute Gasteiger partial charge is 0.132 e. The summed E-state index contributed by atoms with van der Waals surface area (Å²) in [6.07, 6.45) is 6.50. The van der Waals surface area contributed by atoms with Gasteiger partial charge in [-0.3, -0.25) is 0 Å². The molecule has 1 atom stereocenters. The Morgan fingerprint density at radius 3 is 1.65 bits per heavy atom. The zero-order valence-electron chi connectivity index (χ0n) is 35.5. The Bertz CT molecular complexity index is 3460. The van der Waals surface area contributed by atoms with Gasteiger partial charge in [-0.25, -0.2) is 0 Å². The summed E-state index contributed by atoms with van der Waals surface area (Å²) < 4.78 is 13.5. The van der Waals surface area contributed by atoms with Gasteiger partial charge >= 0.3 is 0 Å². The number of anilines is 3. The van der Waals surface area contributed by atoms with Crippen LogP contribution in [0.4, 0.5) is 17.1 Å². The fourth-order valence-corrected chi connectivity index (χ4v) is 12.1. The molecule has 9 aromatic carbocycles. The van der Waals surface area contributed by atoms with E-state index in [1.54, 1.807) is 0 Å². The SMILES string of the molecule is C1=CC2=C(CC1)Oc1ccccc1C21c2ccccc2-c2c(N(c3ccc(-c4ccccc4)cc3)c3ccc4c(c3)C3(c5ccccc5Oc5ccccc53)c3ccccc3-4)cccc21. The number of rotatable bonds is 4. The van der Waals surface area contributed by atoms with E-state index in [0.717, 1.165) is 64.0 Å². The molecular formula is C62H41NO2. The van der Waals surface area contributed by atoms with E-state index in [9.17, 15) is 0 Å². The summed E-state index contributed by atoms with van der Waals surface area (Å²) in [5, 5.41) is 0. The van der Waals surface area contributed by atoms with Gasteiger partial charge in [-0.2, -0.15) is 0 Å². The third kappa shape index (κ3) is 4.85. The summed E-state index contributed by atoms with van der Waals surface area (Å²) in [4.78, 5) is 2.51. The average Bonchev–Trinajstić information content (AvgIpc) is 3.83. The van der Waals surface area contributed by atoms with Crippen LogP contribution in [-0.4, -0.2) is 0 Å². The van der Waals surface area contributed by atoms with Gasteiger partial charge in [-0.05, 0) is 105 Å². The lowest BCUT2D eigenvalue weighted by Gasteiger charge is -2.41. The molecule has 2 spiro atoms. The van der Waals surface area contributed by atoms with Crippen molar-refractivity contribution in [1.29, 1.82) is 0 Å². The summed E-state index contributed by atoms with van der Waals surface area (Å²) >= 11 is 0. The normalized spacial score (nSPS) is 17.1. The number of hydrogen-bond acceptors (Lipinski definition) is 3. The zero-order chi connectivity index (χ0) is 42.7.